The van der Waals surface area contributed by atoms with E-state index in [2.05, 4.69) is 4.74 Å². The van der Waals surface area contributed by atoms with Gasteiger partial charge in [0.1, 0.15) is 11.8 Å². The van der Waals surface area contributed by atoms with Crippen molar-refractivity contribution in [2.75, 3.05) is 7.11 Å². The number of hydrogen-bond donors (Lipinski definition) is 0. The molecule has 7 heteroatoms. The molecule has 0 atom stereocenters. The summed E-state index contributed by atoms with van der Waals surface area (Å²) in [6, 6.07) is 14.6. The fourth-order valence-corrected chi connectivity index (χ4v) is 3.09. The molecule has 2 rings (SSSR count). The predicted molar refractivity (Wildman–Crippen MR) is 91.9 cm³/mol. The largest absolute Gasteiger partial charge is 0.466 e. The smallest absolute Gasteiger partial charge is 0.330 e. The van der Waals surface area contributed by atoms with Crippen molar-refractivity contribution in [2.45, 2.75) is 5.75 Å². The summed E-state index contributed by atoms with van der Waals surface area (Å²) in [5.41, 5.74) is 1.28. The van der Waals surface area contributed by atoms with Crippen LogP contribution in [0.3, 0.4) is 0 Å². The van der Waals surface area contributed by atoms with Gasteiger partial charge in [0.05, 0.1) is 12.7 Å². The highest BCUT2D eigenvalue weighted by molar-refractivity contribution is 7.86. The Morgan fingerprint density at radius 3 is 2.68 bits per heavy atom. The van der Waals surface area contributed by atoms with Crippen molar-refractivity contribution in [3.8, 4) is 11.8 Å². The lowest BCUT2D eigenvalue weighted by Gasteiger charge is -2.08. The number of benzene rings is 2. The second-order valence-corrected chi connectivity index (χ2v) is 6.57. The third-order valence-corrected chi connectivity index (χ3v) is 4.25. The monoisotopic (exact) mass is 357 g/mol. The Balaban J connectivity index is 2.17. The highest BCUT2D eigenvalue weighted by Crippen LogP contribution is 2.20. The van der Waals surface area contributed by atoms with Crippen LogP contribution in [0.1, 0.15) is 16.7 Å². The van der Waals surface area contributed by atoms with Gasteiger partial charge < -0.3 is 8.92 Å². The maximum absolute atomic E-state index is 12.2. The molecule has 2 aromatic carbocycles. The van der Waals surface area contributed by atoms with E-state index in [1.165, 1.54) is 31.4 Å². The first kappa shape index (κ1) is 18.2. The highest BCUT2D eigenvalue weighted by atomic mass is 32.2. The third kappa shape index (κ3) is 5.48. The van der Waals surface area contributed by atoms with E-state index in [0.717, 1.165) is 0 Å². The van der Waals surface area contributed by atoms with Crippen LogP contribution in [0.15, 0.2) is 54.6 Å². The summed E-state index contributed by atoms with van der Waals surface area (Å²) in [6.07, 6.45) is 2.76. The Morgan fingerprint density at radius 1 is 1.20 bits per heavy atom. The van der Waals surface area contributed by atoms with E-state index in [4.69, 9.17) is 9.44 Å². The summed E-state index contributed by atoms with van der Waals surface area (Å²) >= 11 is 0. The fourth-order valence-electron chi connectivity index (χ4n) is 2.02. The van der Waals surface area contributed by atoms with Crippen molar-refractivity contribution in [3.05, 3.63) is 71.3 Å². The molecule has 0 unspecified atom stereocenters. The molecule has 0 spiro atoms. The molecular formula is C18H15NO5S. The van der Waals surface area contributed by atoms with Crippen molar-refractivity contribution in [2.24, 2.45) is 0 Å². The number of carbonyl (C=O) groups is 1. The van der Waals surface area contributed by atoms with E-state index >= 15 is 0 Å². The van der Waals surface area contributed by atoms with Crippen molar-refractivity contribution in [3.63, 3.8) is 0 Å². The Labute approximate surface area is 146 Å². The van der Waals surface area contributed by atoms with Crippen molar-refractivity contribution in [1.29, 1.82) is 5.26 Å². The molecule has 0 heterocycles. The summed E-state index contributed by atoms with van der Waals surface area (Å²) in [4.78, 5) is 11.1. The van der Waals surface area contributed by atoms with Crippen LogP contribution in [-0.2, 0) is 25.4 Å². The summed E-state index contributed by atoms with van der Waals surface area (Å²) in [7, 11) is -2.67. The van der Waals surface area contributed by atoms with E-state index in [1.807, 2.05) is 6.07 Å². The molecule has 0 amide bonds. The average molecular weight is 357 g/mol. The lowest BCUT2D eigenvalue weighted by molar-refractivity contribution is -0.134. The number of hydrogen-bond acceptors (Lipinski definition) is 6. The number of esters is 1. The molecule has 0 saturated heterocycles. The van der Waals surface area contributed by atoms with Crippen LogP contribution in [0, 0.1) is 11.3 Å². The number of nitriles is 1. The SMILES string of the molecule is COC(=O)/C=C/c1cccc(CS(=O)(=O)Oc2ccccc2C#N)c1. The molecule has 2 aromatic rings. The number of para-hydroxylation sites is 1. The van der Waals surface area contributed by atoms with Gasteiger partial charge in [0.2, 0.25) is 0 Å². The number of ether oxygens (including phenoxy) is 1. The van der Waals surface area contributed by atoms with Crippen LogP contribution in [0.25, 0.3) is 6.08 Å². The zero-order chi connectivity index (χ0) is 18.3. The molecule has 0 N–H and O–H groups in total. The summed E-state index contributed by atoms with van der Waals surface area (Å²) < 4.78 is 34.0. The van der Waals surface area contributed by atoms with E-state index in [9.17, 15) is 13.2 Å². The van der Waals surface area contributed by atoms with Gasteiger partial charge in [0, 0.05) is 6.08 Å². The van der Waals surface area contributed by atoms with Gasteiger partial charge in [0.25, 0.3) is 0 Å². The van der Waals surface area contributed by atoms with E-state index in [0.29, 0.717) is 11.1 Å². The normalized spacial score (nSPS) is 11.0. The van der Waals surface area contributed by atoms with Gasteiger partial charge >= 0.3 is 16.1 Å². The molecule has 0 radical (unpaired) electrons. The van der Waals surface area contributed by atoms with Crippen molar-refractivity contribution >= 4 is 22.2 Å². The Kier molecular flexibility index (Phi) is 5.93. The minimum atomic E-state index is -3.94. The van der Waals surface area contributed by atoms with Crippen molar-refractivity contribution < 1.29 is 22.1 Å². The van der Waals surface area contributed by atoms with Gasteiger partial charge in [-0.25, -0.2) is 4.79 Å². The first-order valence-corrected chi connectivity index (χ1v) is 8.77. The highest BCUT2D eigenvalue weighted by Gasteiger charge is 2.16. The number of rotatable bonds is 6. The van der Waals surface area contributed by atoms with E-state index in [1.54, 1.807) is 36.4 Å². The predicted octanol–water partition coefficient (Wildman–Crippen LogP) is 2.65. The Morgan fingerprint density at radius 2 is 1.96 bits per heavy atom. The second-order valence-electron chi connectivity index (χ2n) is 4.99. The van der Waals surface area contributed by atoms with E-state index < -0.39 is 16.1 Å². The summed E-state index contributed by atoms with van der Waals surface area (Å²) in [5.74, 6) is -0.881. The molecule has 128 valence electrons. The van der Waals surface area contributed by atoms with Gasteiger partial charge in [-0.15, -0.1) is 0 Å². The number of nitrogens with zero attached hydrogens (tertiary/aromatic N) is 1. The van der Waals surface area contributed by atoms with Crippen molar-refractivity contribution in [1.82, 2.24) is 0 Å². The molecule has 0 aliphatic carbocycles. The lowest BCUT2D eigenvalue weighted by atomic mass is 10.1. The summed E-state index contributed by atoms with van der Waals surface area (Å²) in [5, 5.41) is 9.00. The molecule has 0 aromatic heterocycles. The first-order chi connectivity index (χ1) is 11.9. The third-order valence-electron chi connectivity index (χ3n) is 3.13. The van der Waals surface area contributed by atoms with Crippen LogP contribution >= 0.6 is 0 Å². The first-order valence-electron chi connectivity index (χ1n) is 7.20. The van der Waals surface area contributed by atoms with Gasteiger partial charge in [-0.2, -0.15) is 13.7 Å². The van der Waals surface area contributed by atoms with Gasteiger partial charge in [0.15, 0.2) is 5.75 Å². The zero-order valence-electron chi connectivity index (χ0n) is 13.4. The Bertz CT molecular complexity index is 942. The second kappa shape index (κ2) is 8.13. The molecule has 0 saturated carbocycles. The topological polar surface area (TPSA) is 93.5 Å². The molecule has 0 aliphatic heterocycles. The average Bonchev–Trinajstić information content (AvgIpc) is 2.59. The van der Waals surface area contributed by atoms with Gasteiger partial charge in [-0.3, -0.25) is 0 Å². The van der Waals surface area contributed by atoms with Gasteiger partial charge in [-0.05, 0) is 29.3 Å². The molecule has 0 aliphatic rings. The molecule has 0 fully saturated rings. The lowest BCUT2D eigenvalue weighted by Crippen LogP contribution is -2.12. The maximum atomic E-state index is 12.2. The molecule has 6 nitrogen and oxygen atoms in total. The molecule has 25 heavy (non-hydrogen) atoms. The maximum Gasteiger partial charge on any atom is 0.330 e. The fraction of sp³-hybridized carbons (Fsp3) is 0.111. The number of carbonyl (C=O) groups excluding carboxylic acids is 1. The van der Waals surface area contributed by atoms with E-state index in [-0.39, 0.29) is 17.1 Å². The van der Waals surface area contributed by atoms with Crippen LogP contribution in [-0.4, -0.2) is 21.5 Å². The minimum Gasteiger partial charge on any atom is -0.466 e. The van der Waals surface area contributed by atoms with Crippen LogP contribution in [0.5, 0.6) is 5.75 Å². The zero-order valence-corrected chi connectivity index (χ0v) is 14.2. The molecule has 0 bridgehead atoms. The standard InChI is InChI=1S/C18H15NO5S/c1-23-18(20)10-9-14-5-4-6-15(11-14)13-25(21,22)24-17-8-3-2-7-16(17)12-19/h2-11H,13H2,1H3/b10-9+. The van der Waals surface area contributed by atoms with Crippen LogP contribution in [0.2, 0.25) is 0 Å². The Hall–Kier alpha value is -3.11. The summed E-state index contributed by atoms with van der Waals surface area (Å²) in [6.45, 7) is 0. The number of methoxy groups -OCH3 is 1. The van der Waals surface area contributed by atoms with Crippen LogP contribution in [0.4, 0.5) is 0 Å². The van der Waals surface area contributed by atoms with Crippen LogP contribution < -0.4 is 4.18 Å². The van der Waals surface area contributed by atoms with Gasteiger partial charge in [-0.1, -0.05) is 36.4 Å². The minimum absolute atomic E-state index is 0.00765. The quantitative estimate of drug-likeness (QED) is 0.448. The molecular weight excluding hydrogens is 342 g/mol.